The average molecular weight is 267 g/mol. The summed E-state index contributed by atoms with van der Waals surface area (Å²) in [4.78, 5) is 17.0. The van der Waals surface area contributed by atoms with E-state index in [1.54, 1.807) is 0 Å². The molecule has 0 bridgehead atoms. The molecule has 2 heterocycles. The van der Waals surface area contributed by atoms with Gasteiger partial charge < -0.3 is 10.2 Å². The molecule has 0 aromatic heterocycles. The van der Waals surface area contributed by atoms with Gasteiger partial charge in [-0.3, -0.25) is 9.69 Å². The number of piperidine rings is 2. The van der Waals surface area contributed by atoms with Gasteiger partial charge in [0, 0.05) is 25.2 Å². The van der Waals surface area contributed by atoms with Crippen molar-refractivity contribution in [2.75, 3.05) is 33.2 Å². The first-order valence-corrected chi connectivity index (χ1v) is 7.90. The second kappa shape index (κ2) is 7.25. The van der Waals surface area contributed by atoms with Gasteiger partial charge in [0.15, 0.2) is 0 Å². The van der Waals surface area contributed by atoms with Crippen LogP contribution >= 0.6 is 0 Å². The number of likely N-dealkylation sites (tertiary alicyclic amines) is 2. The molecule has 1 amide bonds. The Kier molecular flexibility index (Phi) is 5.64. The summed E-state index contributed by atoms with van der Waals surface area (Å²) in [6.45, 7) is 5.86. The Morgan fingerprint density at radius 1 is 1.16 bits per heavy atom. The molecular formula is C15H29N3O. The molecule has 2 aliphatic heterocycles. The lowest BCUT2D eigenvalue weighted by molar-refractivity contribution is -0.136. The van der Waals surface area contributed by atoms with Crippen LogP contribution in [0, 0.1) is 0 Å². The fourth-order valence-electron chi connectivity index (χ4n) is 3.47. The van der Waals surface area contributed by atoms with E-state index in [1.165, 1.54) is 38.5 Å². The van der Waals surface area contributed by atoms with Crippen LogP contribution in [0.3, 0.4) is 0 Å². The number of carbonyl (C=O) groups is 1. The molecule has 4 heteroatoms. The molecule has 2 unspecified atom stereocenters. The molecule has 0 saturated carbocycles. The van der Waals surface area contributed by atoms with E-state index in [4.69, 9.17) is 0 Å². The van der Waals surface area contributed by atoms with E-state index in [0.29, 0.717) is 24.5 Å². The second-order valence-electron chi connectivity index (χ2n) is 6.11. The van der Waals surface area contributed by atoms with Crippen molar-refractivity contribution in [3.8, 4) is 0 Å². The Bertz CT molecular complexity index is 293. The minimum absolute atomic E-state index is 0.343. The van der Waals surface area contributed by atoms with E-state index in [1.807, 2.05) is 7.05 Å². The lowest BCUT2D eigenvalue weighted by Gasteiger charge is -2.39. The predicted octanol–water partition coefficient (Wildman–Crippen LogP) is 1.46. The average Bonchev–Trinajstić information content (AvgIpc) is 2.41. The number of likely N-dealkylation sites (N-methyl/N-ethyl adjacent to an activating group) is 1. The van der Waals surface area contributed by atoms with Crippen LogP contribution in [0.15, 0.2) is 0 Å². The van der Waals surface area contributed by atoms with Crippen molar-refractivity contribution in [3.63, 3.8) is 0 Å². The molecule has 4 nitrogen and oxygen atoms in total. The van der Waals surface area contributed by atoms with Gasteiger partial charge in [-0.25, -0.2) is 0 Å². The number of carbonyl (C=O) groups excluding carboxylic acids is 1. The summed E-state index contributed by atoms with van der Waals surface area (Å²) in [7, 11) is 2.00. The van der Waals surface area contributed by atoms with Gasteiger partial charge in [-0.05, 0) is 52.6 Å². The van der Waals surface area contributed by atoms with Gasteiger partial charge in [0.25, 0.3) is 0 Å². The normalized spacial score (nSPS) is 29.5. The zero-order chi connectivity index (χ0) is 13.7. The lowest BCUT2D eigenvalue weighted by atomic mass is 10.0. The van der Waals surface area contributed by atoms with Gasteiger partial charge in [-0.2, -0.15) is 0 Å². The van der Waals surface area contributed by atoms with Gasteiger partial charge in [0.2, 0.25) is 5.91 Å². The first kappa shape index (κ1) is 14.8. The first-order chi connectivity index (χ1) is 9.22. The zero-order valence-electron chi connectivity index (χ0n) is 12.5. The van der Waals surface area contributed by atoms with Gasteiger partial charge in [-0.15, -0.1) is 0 Å². The maximum atomic E-state index is 12.5. The van der Waals surface area contributed by atoms with E-state index in [2.05, 4.69) is 22.0 Å². The highest BCUT2D eigenvalue weighted by Crippen LogP contribution is 2.19. The Hall–Kier alpha value is -0.610. The minimum atomic E-state index is 0.343. The maximum Gasteiger partial charge on any atom is 0.236 e. The monoisotopic (exact) mass is 267 g/mol. The summed E-state index contributed by atoms with van der Waals surface area (Å²) >= 11 is 0. The number of rotatable bonds is 4. The highest BCUT2D eigenvalue weighted by Gasteiger charge is 2.28. The highest BCUT2D eigenvalue weighted by atomic mass is 16.2. The van der Waals surface area contributed by atoms with E-state index in [9.17, 15) is 4.79 Å². The van der Waals surface area contributed by atoms with E-state index < -0.39 is 0 Å². The summed E-state index contributed by atoms with van der Waals surface area (Å²) in [5, 5.41) is 3.26. The number of nitrogens with one attached hydrogen (secondary N) is 1. The van der Waals surface area contributed by atoms with Crippen molar-refractivity contribution in [2.24, 2.45) is 0 Å². The molecule has 0 aromatic carbocycles. The third-order valence-corrected chi connectivity index (χ3v) is 4.65. The van der Waals surface area contributed by atoms with Gasteiger partial charge in [0.05, 0.1) is 6.54 Å². The summed E-state index contributed by atoms with van der Waals surface area (Å²) in [6, 6.07) is 0.983. The van der Waals surface area contributed by atoms with Crippen LogP contribution in [0.25, 0.3) is 0 Å². The van der Waals surface area contributed by atoms with E-state index in [-0.39, 0.29) is 0 Å². The fourth-order valence-corrected chi connectivity index (χ4v) is 3.47. The van der Waals surface area contributed by atoms with Gasteiger partial charge in [-0.1, -0.05) is 6.42 Å². The largest absolute Gasteiger partial charge is 0.339 e. The molecule has 0 spiro atoms. The van der Waals surface area contributed by atoms with Crippen LogP contribution in [0.2, 0.25) is 0 Å². The van der Waals surface area contributed by atoms with Crippen LogP contribution in [0.4, 0.5) is 0 Å². The SMILES string of the molecule is CNCC1CCCCN1CC(=O)N1CCCCC1C. The molecule has 2 saturated heterocycles. The van der Waals surface area contributed by atoms with Gasteiger partial charge >= 0.3 is 0 Å². The maximum absolute atomic E-state index is 12.5. The lowest BCUT2D eigenvalue weighted by Crippen LogP contribution is -2.52. The minimum Gasteiger partial charge on any atom is -0.339 e. The van der Waals surface area contributed by atoms with Crippen LogP contribution < -0.4 is 5.32 Å². The van der Waals surface area contributed by atoms with Crippen molar-refractivity contribution >= 4 is 5.91 Å². The summed E-state index contributed by atoms with van der Waals surface area (Å²) in [5.41, 5.74) is 0. The molecule has 2 aliphatic rings. The molecule has 0 aromatic rings. The Morgan fingerprint density at radius 2 is 1.89 bits per heavy atom. The fraction of sp³-hybridized carbons (Fsp3) is 0.933. The Morgan fingerprint density at radius 3 is 2.63 bits per heavy atom. The molecule has 2 fully saturated rings. The van der Waals surface area contributed by atoms with E-state index >= 15 is 0 Å². The van der Waals surface area contributed by atoms with Gasteiger partial charge in [0.1, 0.15) is 0 Å². The van der Waals surface area contributed by atoms with Crippen LogP contribution in [-0.4, -0.2) is 61.0 Å². The molecule has 2 atom stereocenters. The van der Waals surface area contributed by atoms with Crippen LogP contribution in [0.1, 0.15) is 45.4 Å². The number of hydrogen-bond donors (Lipinski definition) is 1. The van der Waals surface area contributed by atoms with Crippen molar-refractivity contribution < 1.29 is 4.79 Å². The predicted molar refractivity (Wildman–Crippen MR) is 78.2 cm³/mol. The Balaban J connectivity index is 1.88. The number of hydrogen-bond acceptors (Lipinski definition) is 3. The topological polar surface area (TPSA) is 35.6 Å². The smallest absolute Gasteiger partial charge is 0.236 e. The molecule has 19 heavy (non-hydrogen) atoms. The van der Waals surface area contributed by atoms with E-state index in [0.717, 1.165) is 19.6 Å². The van der Waals surface area contributed by atoms with Crippen LogP contribution in [0.5, 0.6) is 0 Å². The molecule has 0 aliphatic carbocycles. The first-order valence-electron chi connectivity index (χ1n) is 7.90. The van der Waals surface area contributed by atoms with Crippen molar-refractivity contribution in [3.05, 3.63) is 0 Å². The molecule has 110 valence electrons. The summed E-state index contributed by atoms with van der Waals surface area (Å²) < 4.78 is 0. The third kappa shape index (κ3) is 3.93. The molecule has 0 radical (unpaired) electrons. The number of nitrogens with zero attached hydrogens (tertiary/aromatic N) is 2. The molecule has 2 rings (SSSR count). The standard InChI is InChI=1S/C15H29N3O/c1-13-7-3-6-10-18(13)15(19)12-17-9-5-4-8-14(17)11-16-2/h13-14,16H,3-12H2,1-2H3. The zero-order valence-corrected chi connectivity index (χ0v) is 12.5. The summed E-state index contributed by atoms with van der Waals surface area (Å²) in [6.07, 6.45) is 7.39. The molecule has 1 N–H and O–H groups in total. The van der Waals surface area contributed by atoms with Crippen LogP contribution in [-0.2, 0) is 4.79 Å². The van der Waals surface area contributed by atoms with Crippen molar-refractivity contribution in [1.82, 2.24) is 15.1 Å². The third-order valence-electron chi connectivity index (χ3n) is 4.65. The quantitative estimate of drug-likeness (QED) is 0.837. The second-order valence-corrected chi connectivity index (χ2v) is 6.11. The summed E-state index contributed by atoms with van der Waals surface area (Å²) in [5.74, 6) is 0.343. The Labute approximate surface area is 117 Å². The van der Waals surface area contributed by atoms with Crippen molar-refractivity contribution in [2.45, 2.75) is 57.5 Å². The number of amides is 1. The molecular weight excluding hydrogens is 238 g/mol. The van der Waals surface area contributed by atoms with Crippen molar-refractivity contribution in [1.29, 1.82) is 0 Å². The highest BCUT2D eigenvalue weighted by molar-refractivity contribution is 5.78.